The molecule has 2 aromatic carbocycles. The summed E-state index contributed by atoms with van der Waals surface area (Å²) < 4.78 is 13.7. The minimum absolute atomic E-state index is 0.0362. The number of benzene rings is 2. The predicted molar refractivity (Wildman–Crippen MR) is 110 cm³/mol. The van der Waals surface area contributed by atoms with Crippen LogP contribution in [0, 0.1) is 5.82 Å². The highest BCUT2D eigenvalue weighted by Gasteiger charge is 2.37. The number of halogens is 1. The molecule has 2 atom stereocenters. The van der Waals surface area contributed by atoms with Crippen molar-refractivity contribution in [3.63, 3.8) is 0 Å². The summed E-state index contributed by atoms with van der Waals surface area (Å²) in [6, 6.07) is 17.5. The van der Waals surface area contributed by atoms with Crippen LogP contribution in [0.25, 0.3) is 0 Å². The zero-order valence-electron chi connectivity index (χ0n) is 16.7. The van der Waals surface area contributed by atoms with Crippen molar-refractivity contribution in [3.05, 3.63) is 71.5 Å². The van der Waals surface area contributed by atoms with Gasteiger partial charge in [-0.1, -0.05) is 48.5 Å². The van der Waals surface area contributed by atoms with Gasteiger partial charge < -0.3 is 10.6 Å². The minimum Gasteiger partial charge on any atom is -0.354 e. The Hall–Kier alpha value is -2.24. The molecule has 0 spiro atoms. The van der Waals surface area contributed by atoms with E-state index in [0.29, 0.717) is 24.6 Å². The van der Waals surface area contributed by atoms with E-state index in [-0.39, 0.29) is 23.8 Å². The van der Waals surface area contributed by atoms with Crippen LogP contribution >= 0.6 is 0 Å². The minimum atomic E-state index is -0.216. The van der Waals surface area contributed by atoms with Crippen LogP contribution in [0.3, 0.4) is 0 Å². The summed E-state index contributed by atoms with van der Waals surface area (Å²) >= 11 is 0. The zero-order valence-corrected chi connectivity index (χ0v) is 16.7. The van der Waals surface area contributed by atoms with Gasteiger partial charge >= 0.3 is 0 Å². The monoisotopic (exact) mass is 383 g/mol. The molecule has 0 unspecified atom stereocenters. The maximum atomic E-state index is 13.7. The summed E-state index contributed by atoms with van der Waals surface area (Å²) in [5.74, 6) is -0.180. The summed E-state index contributed by atoms with van der Waals surface area (Å²) in [5, 5.41) is 6.59. The van der Waals surface area contributed by atoms with Crippen LogP contribution in [-0.2, 0) is 17.8 Å². The van der Waals surface area contributed by atoms with E-state index in [1.165, 1.54) is 11.6 Å². The lowest BCUT2D eigenvalue weighted by Crippen LogP contribution is -2.46. The third-order valence-electron chi connectivity index (χ3n) is 5.39. The van der Waals surface area contributed by atoms with Gasteiger partial charge in [0.1, 0.15) is 5.82 Å². The van der Waals surface area contributed by atoms with Gasteiger partial charge in [-0.05, 0) is 43.9 Å². The van der Waals surface area contributed by atoms with Crippen molar-refractivity contribution in [3.8, 4) is 0 Å². The van der Waals surface area contributed by atoms with Gasteiger partial charge in [0.2, 0.25) is 5.91 Å². The fraction of sp³-hybridized carbons (Fsp3) is 0.435. The molecule has 150 valence electrons. The molecule has 28 heavy (non-hydrogen) atoms. The van der Waals surface area contributed by atoms with Crippen LogP contribution in [0.2, 0.25) is 0 Å². The maximum absolute atomic E-state index is 13.7. The number of hydrogen-bond donors (Lipinski definition) is 2. The highest BCUT2D eigenvalue weighted by molar-refractivity contribution is 5.82. The second-order valence-corrected chi connectivity index (χ2v) is 7.74. The van der Waals surface area contributed by atoms with Crippen molar-refractivity contribution in [2.45, 2.75) is 51.4 Å². The highest BCUT2D eigenvalue weighted by Crippen LogP contribution is 2.21. The molecule has 2 aromatic rings. The van der Waals surface area contributed by atoms with Gasteiger partial charge in [0.25, 0.3) is 0 Å². The van der Waals surface area contributed by atoms with Gasteiger partial charge in [0, 0.05) is 31.7 Å². The first-order chi connectivity index (χ1) is 13.5. The van der Waals surface area contributed by atoms with Crippen LogP contribution in [0.4, 0.5) is 4.39 Å². The average molecular weight is 384 g/mol. The molecule has 1 saturated heterocycles. The van der Waals surface area contributed by atoms with Crippen molar-refractivity contribution in [2.75, 3.05) is 13.1 Å². The topological polar surface area (TPSA) is 44.4 Å². The van der Waals surface area contributed by atoms with E-state index in [2.05, 4.69) is 41.5 Å². The van der Waals surface area contributed by atoms with Gasteiger partial charge in [-0.15, -0.1) is 0 Å². The summed E-state index contributed by atoms with van der Waals surface area (Å²) in [5.41, 5.74) is 1.88. The van der Waals surface area contributed by atoms with E-state index in [1.807, 2.05) is 24.3 Å². The molecule has 0 radical (unpaired) electrons. The smallest absolute Gasteiger partial charge is 0.237 e. The van der Waals surface area contributed by atoms with Gasteiger partial charge in [0.05, 0.1) is 6.04 Å². The van der Waals surface area contributed by atoms with Crippen LogP contribution in [0.5, 0.6) is 0 Å². The third-order valence-corrected chi connectivity index (χ3v) is 5.39. The standard InChI is InChI=1S/C23H30FN3O/c1-17(2)27-16-20(26-15-18-8-4-3-5-9-18)14-22(27)23(28)25-13-12-19-10-6-7-11-21(19)24/h3-11,17,20,22,26H,12-16H2,1-2H3,(H,25,28)/t20-,22+/m1/s1. The summed E-state index contributed by atoms with van der Waals surface area (Å²) in [7, 11) is 0. The predicted octanol–water partition coefficient (Wildman–Crippen LogP) is 3.13. The van der Waals surface area contributed by atoms with Crippen molar-refractivity contribution in [1.29, 1.82) is 0 Å². The van der Waals surface area contributed by atoms with Gasteiger partial charge in [0.15, 0.2) is 0 Å². The molecular weight excluding hydrogens is 353 g/mol. The Bertz CT molecular complexity index is 765. The van der Waals surface area contributed by atoms with Gasteiger partial charge in [-0.3, -0.25) is 9.69 Å². The summed E-state index contributed by atoms with van der Waals surface area (Å²) in [4.78, 5) is 15.0. The molecule has 0 aliphatic carbocycles. The second kappa shape index (κ2) is 9.80. The number of nitrogens with zero attached hydrogens (tertiary/aromatic N) is 1. The normalized spacial score (nSPS) is 19.9. The molecule has 1 amide bonds. The number of carbonyl (C=O) groups excluding carboxylic acids is 1. The van der Waals surface area contributed by atoms with E-state index in [4.69, 9.17) is 0 Å². The van der Waals surface area contributed by atoms with Crippen molar-refractivity contribution < 1.29 is 9.18 Å². The van der Waals surface area contributed by atoms with Crippen LogP contribution < -0.4 is 10.6 Å². The quantitative estimate of drug-likeness (QED) is 0.736. The van der Waals surface area contributed by atoms with E-state index in [9.17, 15) is 9.18 Å². The Morgan fingerprint density at radius 3 is 2.57 bits per heavy atom. The Balaban J connectivity index is 1.51. The number of hydrogen-bond acceptors (Lipinski definition) is 3. The summed E-state index contributed by atoms with van der Waals surface area (Å²) in [6.07, 6.45) is 1.29. The van der Waals surface area contributed by atoms with Crippen LogP contribution in [0.1, 0.15) is 31.4 Å². The number of carbonyl (C=O) groups is 1. The molecule has 0 saturated carbocycles. The van der Waals surface area contributed by atoms with E-state index in [1.54, 1.807) is 12.1 Å². The lowest BCUT2D eigenvalue weighted by molar-refractivity contribution is -0.126. The van der Waals surface area contributed by atoms with Crippen molar-refractivity contribution in [1.82, 2.24) is 15.5 Å². The van der Waals surface area contributed by atoms with Crippen LogP contribution in [0.15, 0.2) is 54.6 Å². The Morgan fingerprint density at radius 1 is 1.14 bits per heavy atom. The molecule has 4 nitrogen and oxygen atoms in total. The molecule has 3 rings (SSSR count). The maximum Gasteiger partial charge on any atom is 0.237 e. The number of likely N-dealkylation sites (tertiary alicyclic amines) is 1. The molecule has 0 aromatic heterocycles. The SMILES string of the molecule is CC(C)N1C[C@H](NCc2ccccc2)C[C@H]1C(=O)NCCc1ccccc1F. The fourth-order valence-electron chi connectivity index (χ4n) is 3.83. The largest absolute Gasteiger partial charge is 0.354 e. The first-order valence-electron chi connectivity index (χ1n) is 10.1. The Morgan fingerprint density at radius 2 is 1.86 bits per heavy atom. The first kappa shape index (κ1) is 20.5. The van der Waals surface area contributed by atoms with Crippen molar-refractivity contribution in [2.24, 2.45) is 0 Å². The fourth-order valence-corrected chi connectivity index (χ4v) is 3.83. The number of rotatable bonds is 8. The van der Waals surface area contributed by atoms with Gasteiger partial charge in [-0.2, -0.15) is 0 Å². The van der Waals surface area contributed by atoms with Gasteiger partial charge in [-0.25, -0.2) is 4.39 Å². The molecule has 5 heteroatoms. The highest BCUT2D eigenvalue weighted by atomic mass is 19.1. The summed E-state index contributed by atoms with van der Waals surface area (Å²) in [6.45, 7) is 6.36. The Kier molecular flexibility index (Phi) is 7.18. The Labute approximate surface area is 167 Å². The van der Waals surface area contributed by atoms with Crippen molar-refractivity contribution >= 4 is 5.91 Å². The number of amides is 1. The third kappa shape index (κ3) is 5.40. The molecule has 1 aliphatic rings. The first-order valence-corrected chi connectivity index (χ1v) is 10.1. The molecule has 0 bridgehead atoms. The van der Waals surface area contributed by atoms with Crippen LogP contribution in [-0.4, -0.2) is 42.0 Å². The number of nitrogens with one attached hydrogen (secondary N) is 2. The second-order valence-electron chi connectivity index (χ2n) is 7.74. The van der Waals surface area contributed by atoms with E-state index in [0.717, 1.165) is 19.5 Å². The average Bonchev–Trinajstić information content (AvgIpc) is 3.13. The molecule has 1 aliphatic heterocycles. The zero-order chi connectivity index (χ0) is 19.9. The lowest BCUT2D eigenvalue weighted by atomic mass is 10.1. The molecule has 1 fully saturated rings. The molecular formula is C23H30FN3O. The molecule has 1 heterocycles. The van der Waals surface area contributed by atoms with E-state index < -0.39 is 0 Å². The lowest BCUT2D eigenvalue weighted by Gasteiger charge is -2.27. The van der Waals surface area contributed by atoms with E-state index >= 15 is 0 Å². The molecule has 2 N–H and O–H groups in total.